The molecule has 0 radical (unpaired) electrons. The minimum absolute atomic E-state index is 0.164. The van der Waals surface area contributed by atoms with E-state index in [-0.39, 0.29) is 5.92 Å². The van der Waals surface area contributed by atoms with E-state index < -0.39 is 0 Å². The van der Waals surface area contributed by atoms with Crippen molar-refractivity contribution in [3.05, 3.63) is 69.8 Å². The van der Waals surface area contributed by atoms with E-state index in [0.717, 1.165) is 0 Å². The second-order valence-corrected chi connectivity index (χ2v) is 7.67. The van der Waals surface area contributed by atoms with E-state index >= 15 is 0 Å². The van der Waals surface area contributed by atoms with Crippen LogP contribution in [0.1, 0.15) is 71.8 Å². The molecule has 0 fully saturated rings. The maximum atomic E-state index is 11.0. The predicted octanol–water partition coefficient (Wildman–Crippen LogP) is 3.76. The van der Waals surface area contributed by atoms with Gasteiger partial charge in [-0.2, -0.15) is 0 Å². The van der Waals surface area contributed by atoms with Crippen molar-refractivity contribution in [3.63, 3.8) is 0 Å². The molecule has 0 saturated heterocycles. The molecule has 0 saturated carbocycles. The van der Waals surface area contributed by atoms with Gasteiger partial charge in [0, 0.05) is 29.0 Å². The van der Waals surface area contributed by atoms with E-state index in [1.165, 1.54) is 24.6 Å². The average molecular weight is 494 g/mol. The third kappa shape index (κ3) is 10.2. The molecule has 1 atom stereocenters. The van der Waals surface area contributed by atoms with Gasteiger partial charge in [-0.3, -0.25) is 19.2 Å². The van der Waals surface area contributed by atoms with E-state index in [0.29, 0.717) is 97.6 Å². The molecule has 0 aliphatic heterocycles. The van der Waals surface area contributed by atoms with Crippen molar-refractivity contribution in [2.45, 2.75) is 19.3 Å². The van der Waals surface area contributed by atoms with Crippen LogP contribution in [0.15, 0.2) is 51.9 Å². The van der Waals surface area contributed by atoms with Crippen LogP contribution in [-0.4, -0.2) is 64.1 Å². The molecule has 0 spiro atoms. The fraction of sp³-hybridized carbons (Fsp3) is 0.269. The first-order valence-electron chi connectivity index (χ1n) is 11.1. The molecule has 188 valence electrons. The molecule has 1 unspecified atom stereocenters. The number of aldehydes is 4. The van der Waals surface area contributed by atoms with Gasteiger partial charge in [0.25, 0.3) is 0 Å². The quantitative estimate of drug-likeness (QED) is 0.134. The highest BCUT2D eigenvalue weighted by atomic mass is 16.6. The molecule has 10 nitrogen and oxygen atoms in total. The largest absolute Gasteiger partial charge is 0.396 e. The summed E-state index contributed by atoms with van der Waals surface area (Å²) in [4.78, 5) is 59.6. The van der Waals surface area contributed by atoms with E-state index in [1.54, 1.807) is 24.3 Å². The highest BCUT2D eigenvalue weighted by Gasteiger charge is 2.10. The summed E-state index contributed by atoms with van der Waals surface area (Å²) in [5.41, 5.74) is 2.66. The van der Waals surface area contributed by atoms with Crippen LogP contribution >= 0.6 is 0 Å². The van der Waals surface area contributed by atoms with Crippen LogP contribution < -0.4 is 0 Å². The Kier molecular flexibility index (Phi) is 12.5. The van der Waals surface area contributed by atoms with Gasteiger partial charge in [0.1, 0.15) is 45.0 Å². The number of oxime groups is 3. The molecule has 0 amide bonds. The Hall–Kier alpha value is -4.47. The molecule has 0 aliphatic carbocycles. The van der Waals surface area contributed by atoms with Crippen molar-refractivity contribution in [2.24, 2.45) is 21.4 Å². The molecule has 0 heterocycles. The monoisotopic (exact) mass is 493 g/mol. The Morgan fingerprint density at radius 2 is 0.917 bits per heavy atom. The zero-order valence-corrected chi connectivity index (χ0v) is 19.7. The molecule has 0 bridgehead atoms. The first-order valence-corrected chi connectivity index (χ1v) is 11.1. The standard InChI is InChI=1S/C26H27N3O7/c1-27-34-5-2-20(3-6-35-28-14-21-8-23(16-30)12-24(9-21)17-31)4-7-36-29-15-22-10-25(18-32)13-26(11-22)19-33/h8-20H,1-7H2/b28-14-,29-15?. The highest BCUT2D eigenvalue weighted by Crippen LogP contribution is 2.15. The summed E-state index contributed by atoms with van der Waals surface area (Å²) in [5.74, 6) is 0.164. The van der Waals surface area contributed by atoms with Crippen molar-refractivity contribution in [3.8, 4) is 0 Å². The number of hydrogen-bond acceptors (Lipinski definition) is 10. The molecule has 10 heteroatoms. The van der Waals surface area contributed by atoms with Crippen LogP contribution in [0.4, 0.5) is 0 Å². The van der Waals surface area contributed by atoms with Crippen molar-refractivity contribution in [1.82, 2.24) is 0 Å². The Morgan fingerprint density at radius 1 is 0.583 bits per heavy atom. The highest BCUT2D eigenvalue weighted by molar-refractivity contribution is 5.90. The molecule has 2 aromatic rings. The fourth-order valence-electron chi connectivity index (χ4n) is 3.28. The number of carbonyl (C=O) groups is 4. The molecule has 0 N–H and O–H groups in total. The van der Waals surface area contributed by atoms with Crippen molar-refractivity contribution >= 4 is 44.3 Å². The van der Waals surface area contributed by atoms with Gasteiger partial charge in [0.2, 0.25) is 0 Å². The van der Waals surface area contributed by atoms with Gasteiger partial charge in [-0.25, -0.2) is 0 Å². The number of benzene rings is 2. The number of nitrogens with zero attached hydrogens (tertiary/aromatic N) is 3. The maximum Gasteiger partial charge on any atom is 0.150 e. The minimum atomic E-state index is 0.164. The van der Waals surface area contributed by atoms with Gasteiger partial charge in [-0.1, -0.05) is 10.3 Å². The van der Waals surface area contributed by atoms with E-state index in [2.05, 4.69) is 22.2 Å². The van der Waals surface area contributed by atoms with Gasteiger partial charge in [0.05, 0.1) is 12.4 Å². The summed E-state index contributed by atoms with van der Waals surface area (Å²) in [6.07, 6.45) is 7.51. The van der Waals surface area contributed by atoms with Crippen molar-refractivity contribution in [1.29, 1.82) is 0 Å². The van der Waals surface area contributed by atoms with Crippen LogP contribution in [0.25, 0.3) is 0 Å². The lowest BCUT2D eigenvalue weighted by molar-refractivity contribution is 0.0830. The van der Waals surface area contributed by atoms with E-state index in [1.807, 2.05) is 0 Å². The topological polar surface area (TPSA) is 133 Å². The Morgan fingerprint density at radius 3 is 1.25 bits per heavy atom. The number of hydrogen-bond donors (Lipinski definition) is 0. The van der Waals surface area contributed by atoms with Crippen LogP contribution in [0.5, 0.6) is 0 Å². The van der Waals surface area contributed by atoms with Gasteiger partial charge >= 0.3 is 0 Å². The summed E-state index contributed by atoms with van der Waals surface area (Å²) < 4.78 is 0. The summed E-state index contributed by atoms with van der Waals surface area (Å²) >= 11 is 0. The summed E-state index contributed by atoms with van der Waals surface area (Å²) in [7, 11) is 0. The lowest BCUT2D eigenvalue weighted by Gasteiger charge is -2.14. The van der Waals surface area contributed by atoms with E-state index in [4.69, 9.17) is 14.5 Å². The SMILES string of the molecule is C=NOCCC(CCON=Cc1cc(C=O)cc(C=O)c1)CCO/N=C\c1cc(C=O)cc(C=O)c1. The molecule has 36 heavy (non-hydrogen) atoms. The first-order chi connectivity index (χ1) is 17.6. The van der Waals surface area contributed by atoms with Crippen molar-refractivity contribution < 1.29 is 33.7 Å². The van der Waals surface area contributed by atoms with Crippen LogP contribution in [0.2, 0.25) is 0 Å². The van der Waals surface area contributed by atoms with Crippen LogP contribution in [-0.2, 0) is 14.5 Å². The van der Waals surface area contributed by atoms with Gasteiger partial charge in [-0.15, -0.1) is 5.16 Å². The van der Waals surface area contributed by atoms with Crippen molar-refractivity contribution in [2.75, 3.05) is 19.8 Å². The van der Waals surface area contributed by atoms with Gasteiger partial charge in [-0.05, 0) is 72.7 Å². The summed E-state index contributed by atoms with van der Waals surface area (Å²) in [5, 5.41) is 11.2. The molecule has 2 rings (SSSR count). The minimum Gasteiger partial charge on any atom is -0.396 e. The Balaban J connectivity index is 1.83. The number of carbonyl (C=O) groups excluding carboxylic acids is 4. The van der Waals surface area contributed by atoms with E-state index in [9.17, 15) is 19.2 Å². The molecule has 2 aromatic carbocycles. The fourth-order valence-corrected chi connectivity index (χ4v) is 3.28. The lowest BCUT2D eigenvalue weighted by Crippen LogP contribution is -2.10. The smallest absolute Gasteiger partial charge is 0.150 e. The maximum absolute atomic E-state index is 11.0. The van der Waals surface area contributed by atoms with Crippen LogP contribution in [0, 0.1) is 5.92 Å². The molecular formula is C26H27N3O7. The Labute approximate surface area is 208 Å². The lowest BCUT2D eigenvalue weighted by atomic mass is 9.99. The second-order valence-electron chi connectivity index (χ2n) is 7.67. The molecule has 0 aromatic heterocycles. The third-order valence-corrected chi connectivity index (χ3v) is 5.04. The number of rotatable bonds is 18. The zero-order chi connectivity index (χ0) is 26.0. The average Bonchev–Trinajstić information content (AvgIpc) is 2.91. The van der Waals surface area contributed by atoms with Gasteiger partial charge < -0.3 is 14.5 Å². The molecule has 0 aliphatic rings. The zero-order valence-electron chi connectivity index (χ0n) is 19.7. The summed E-state index contributed by atoms with van der Waals surface area (Å²) in [6, 6.07) is 9.37. The normalized spacial score (nSPS) is 11.7. The van der Waals surface area contributed by atoms with Crippen LogP contribution in [0.3, 0.4) is 0 Å². The molecular weight excluding hydrogens is 466 g/mol. The second kappa shape index (κ2) is 16.2. The predicted molar refractivity (Wildman–Crippen MR) is 134 cm³/mol. The third-order valence-electron chi connectivity index (χ3n) is 5.04. The first kappa shape index (κ1) is 27.8. The summed E-state index contributed by atoms with van der Waals surface area (Å²) in [6.45, 7) is 4.33. The Bertz CT molecular complexity index is 967. The van der Waals surface area contributed by atoms with Gasteiger partial charge in [0.15, 0.2) is 0 Å².